The lowest BCUT2D eigenvalue weighted by Crippen LogP contribution is -2.18. The topological polar surface area (TPSA) is 48.0 Å². The van der Waals surface area contributed by atoms with Gasteiger partial charge in [0.15, 0.2) is 6.29 Å². The Kier molecular flexibility index (Phi) is 4.26. The summed E-state index contributed by atoms with van der Waals surface area (Å²) in [4.78, 5) is 13.8. The Balaban J connectivity index is 1.39. The second-order valence-corrected chi connectivity index (χ2v) is 7.24. The van der Waals surface area contributed by atoms with Crippen molar-refractivity contribution >= 4 is 16.7 Å². The zero-order valence-corrected chi connectivity index (χ0v) is 15.7. The Morgan fingerprint density at radius 2 is 1.68 bits per heavy atom. The first kappa shape index (κ1) is 17.2. The van der Waals surface area contributed by atoms with Crippen LogP contribution in [0.25, 0.3) is 21.9 Å². The molecule has 3 aromatic carbocycles. The number of nitrogens with zero attached hydrogens (tertiary/aromatic N) is 1. The van der Waals surface area contributed by atoms with E-state index in [2.05, 4.69) is 30.3 Å². The van der Waals surface area contributed by atoms with Crippen molar-refractivity contribution in [1.82, 2.24) is 4.90 Å². The smallest absolute Gasteiger partial charge is 0.254 e. The average Bonchev–Trinajstić information content (AvgIpc) is 3.34. The molecular formula is C23H21NO4. The lowest BCUT2D eigenvalue weighted by molar-refractivity contribution is -0.0683. The summed E-state index contributed by atoms with van der Waals surface area (Å²) >= 11 is 0. The molecule has 3 aromatic rings. The molecular weight excluding hydrogens is 354 g/mol. The van der Waals surface area contributed by atoms with Crippen molar-refractivity contribution in [2.24, 2.45) is 0 Å². The van der Waals surface area contributed by atoms with Gasteiger partial charge in [0.25, 0.3) is 5.91 Å². The Morgan fingerprint density at radius 1 is 0.964 bits per heavy atom. The standard InChI is InChI=1S/C23H21NO4/c1-24-13-19-11-17(5-7-21(19)23(24)25)15-2-3-18-12-20(6-4-16(18)10-15)28-14-22-26-8-9-27-22/h2-7,10-12,22H,8-9,13-14H2,1H3. The van der Waals surface area contributed by atoms with Crippen LogP contribution in [0, 0.1) is 0 Å². The zero-order chi connectivity index (χ0) is 19.1. The third-order valence-corrected chi connectivity index (χ3v) is 5.31. The Hall–Kier alpha value is -2.89. The number of carbonyl (C=O) groups is 1. The minimum absolute atomic E-state index is 0.0981. The minimum Gasteiger partial charge on any atom is -0.488 e. The average molecular weight is 375 g/mol. The third-order valence-electron chi connectivity index (χ3n) is 5.31. The predicted molar refractivity (Wildman–Crippen MR) is 106 cm³/mol. The summed E-state index contributed by atoms with van der Waals surface area (Å²) in [6.45, 7) is 2.32. The van der Waals surface area contributed by atoms with E-state index in [0.29, 0.717) is 26.4 Å². The van der Waals surface area contributed by atoms with Crippen LogP contribution in [0.2, 0.25) is 0 Å². The van der Waals surface area contributed by atoms with Gasteiger partial charge < -0.3 is 19.1 Å². The van der Waals surface area contributed by atoms with Gasteiger partial charge in [0.05, 0.1) is 13.2 Å². The van der Waals surface area contributed by atoms with E-state index in [1.54, 1.807) is 4.90 Å². The normalized spacial score (nSPS) is 16.8. The van der Waals surface area contributed by atoms with Crippen LogP contribution in [0.4, 0.5) is 0 Å². The van der Waals surface area contributed by atoms with Gasteiger partial charge in [-0.25, -0.2) is 0 Å². The Morgan fingerprint density at radius 3 is 2.54 bits per heavy atom. The number of hydrogen-bond donors (Lipinski definition) is 0. The minimum atomic E-state index is -0.274. The fraction of sp³-hybridized carbons (Fsp3) is 0.261. The van der Waals surface area contributed by atoms with Crippen LogP contribution in [0.1, 0.15) is 15.9 Å². The quantitative estimate of drug-likeness (QED) is 0.695. The highest BCUT2D eigenvalue weighted by atomic mass is 16.7. The largest absolute Gasteiger partial charge is 0.488 e. The highest BCUT2D eigenvalue weighted by Gasteiger charge is 2.24. The summed E-state index contributed by atoms with van der Waals surface area (Å²) in [5.74, 6) is 0.902. The van der Waals surface area contributed by atoms with E-state index in [0.717, 1.165) is 38.8 Å². The number of benzene rings is 3. The van der Waals surface area contributed by atoms with Crippen molar-refractivity contribution in [3.63, 3.8) is 0 Å². The molecule has 0 aliphatic carbocycles. The maximum absolute atomic E-state index is 12.1. The van der Waals surface area contributed by atoms with E-state index in [1.165, 1.54) is 0 Å². The van der Waals surface area contributed by atoms with Gasteiger partial charge in [0, 0.05) is 19.2 Å². The van der Waals surface area contributed by atoms with Crippen LogP contribution in [-0.2, 0) is 16.0 Å². The second-order valence-electron chi connectivity index (χ2n) is 7.24. The summed E-state index contributed by atoms with van der Waals surface area (Å²) in [6.07, 6.45) is -0.274. The van der Waals surface area contributed by atoms with Crippen LogP contribution in [0.3, 0.4) is 0 Å². The van der Waals surface area contributed by atoms with Gasteiger partial charge in [-0.3, -0.25) is 4.79 Å². The predicted octanol–water partition coefficient (Wildman–Crippen LogP) is 3.84. The number of amides is 1. The number of ether oxygens (including phenoxy) is 3. The fourth-order valence-corrected chi connectivity index (χ4v) is 3.81. The van der Waals surface area contributed by atoms with Crippen molar-refractivity contribution in [3.05, 3.63) is 65.7 Å². The first-order valence-electron chi connectivity index (χ1n) is 9.46. The summed E-state index contributed by atoms with van der Waals surface area (Å²) in [5.41, 5.74) is 4.16. The SMILES string of the molecule is CN1Cc2cc(-c3ccc4cc(OCC5OCCO5)ccc4c3)ccc2C1=O. The summed E-state index contributed by atoms with van der Waals surface area (Å²) < 4.78 is 16.6. The molecule has 0 radical (unpaired) electrons. The molecule has 0 atom stereocenters. The Bertz CT molecular complexity index is 1060. The van der Waals surface area contributed by atoms with E-state index in [9.17, 15) is 4.79 Å². The molecule has 1 fully saturated rings. The molecule has 1 amide bonds. The van der Waals surface area contributed by atoms with Gasteiger partial charge >= 0.3 is 0 Å². The monoisotopic (exact) mass is 375 g/mol. The Labute approximate surface area is 163 Å². The maximum atomic E-state index is 12.1. The van der Waals surface area contributed by atoms with Gasteiger partial charge in [-0.2, -0.15) is 0 Å². The molecule has 0 bridgehead atoms. The molecule has 1 saturated heterocycles. The third kappa shape index (κ3) is 3.13. The molecule has 0 spiro atoms. The molecule has 2 aliphatic heterocycles. The van der Waals surface area contributed by atoms with Gasteiger partial charge in [-0.15, -0.1) is 0 Å². The first-order chi connectivity index (χ1) is 13.7. The van der Waals surface area contributed by atoms with Gasteiger partial charge in [0.1, 0.15) is 12.4 Å². The van der Waals surface area contributed by atoms with Crippen molar-refractivity contribution < 1.29 is 19.0 Å². The van der Waals surface area contributed by atoms with E-state index in [4.69, 9.17) is 14.2 Å². The van der Waals surface area contributed by atoms with Crippen molar-refractivity contribution in [2.75, 3.05) is 26.9 Å². The molecule has 142 valence electrons. The number of hydrogen-bond acceptors (Lipinski definition) is 4. The summed E-state index contributed by atoms with van der Waals surface area (Å²) in [5, 5.41) is 2.26. The highest BCUT2D eigenvalue weighted by Crippen LogP contribution is 2.31. The fourth-order valence-electron chi connectivity index (χ4n) is 3.81. The molecule has 0 N–H and O–H groups in total. The zero-order valence-electron chi connectivity index (χ0n) is 15.7. The molecule has 5 nitrogen and oxygen atoms in total. The van der Waals surface area contributed by atoms with Gasteiger partial charge in [-0.1, -0.05) is 24.3 Å². The number of fused-ring (bicyclic) bond motifs is 2. The van der Waals surface area contributed by atoms with E-state index in [1.807, 2.05) is 31.3 Å². The van der Waals surface area contributed by atoms with Gasteiger partial charge in [0.2, 0.25) is 0 Å². The van der Waals surface area contributed by atoms with Crippen LogP contribution >= 0.6 is 0 Å². The molecule has 2 aliphatic rings. The highest BCUT2D eigenvalue weighted by molar-refractivity contribution is 5.99. The van der Waals surface area contributed by atoms with Crippen molar-refractivity contribution in [1.29, 1.82) is 0 Å². The van der Waals surface area contributed by atoms with Gasteiger partial charge in [-0.05, 0) is 57.8 Å². The lowest BCUT2D eigenvalue weighted by Gasteiger charge is -2.12. The van der Waals surface area contributed by atoms with E-state index in [-0.39, 0.29) is 12.2 Å². The number of carbonyl (C=O) groups excluding carboxylic acids is 1. The van der Waals surface area contributed by atoms with Crippen LogP contribution in [0.5, 0.6) is 5.75 Å². The molecule has 0 aromatic heterocycles. The van der Waals surface area contributed by atoms with Crippen LogP contribution in [0.15, 0.2) is 54.6 Å². The summed E-state index contributed by atoms with van der Waals surface area (Å²) in [6, 6.07) is 18.5. The number of rotatable bonds is 4. The molecule has 0 unspecified atom stereocenters. The summed E-state index contributed by atoms with van der Waals surface area (Å²) in [7, 11) is 1.84. The van der Waals surface area contributed by atoms with Crippen LogP contribution < -0.4 is 4.74 Å². The van der Waals surface area contributed by atoms with Crippen molar-refractivity contribution in [3.8, 4) is 16.9 Å². The molecule has 28 heavy (non-hydrogen) atoms. The molecule has 2 heterocycles. The van der Waals surface area contributed by atoms with E-state index >= 15 is 0 Å². The second kappa shape index (κ2) is 6.93. The maximum Gasteiger partial charge on any atom is 0.254 e. The lowest BCUT2D eigenvalue weighted by atomic mass is 9.98. The molecule has 5 rings (SSSR count). The van der Waals surface area contributed by atoms with E-state index < -0.39 is 0 Å². The molecule has 0 saturated carbocycles. The van der Waals surface area contributed by atoms with Crippen molar-refractivity contribution in [2.45, 2.75) is 12.8 Å². The van der Waals surface area contributed by atoms with Crippen LogP contribution in [-0.4, -0.2) is 44.0 Å². The molecule has 5 heteroatoms. The first-order valence-corrected chi connectivity index (χ1v) is 9.46.